The van der Waals surface area contributed by atoms with Crippen LogP contribution in [0.2, 0.25) is 0 Å². The van der Waals surface area contributed by atoms with Crippen molar-refractivity contribution in [1.82, 2.24) is 24.8 Å². The molecule has 118 valence electrons. The van der Waals surface area contributed by atoms with Crippen molar-refractivity contribution < 1.29 is 9.47 Å². The lowest BCUT2D eigenvalue weighted by Crippen LogP contribution is -2.32. The Morgan fingerprint density at radius 3 is 3.05 bits per heavy atom. The smallest absolute Gasteiger partial charge is 0.131 e. The molecule has 0 unspecified atom stereocenters. The minimum absolute atomic E-state index is 0.0590. The van der Waals surface area contributed by atoms with Crippen molar-refractivity contribution >= 4 is 0 Å². The van der Waals surface area contributed by atoms with E-state index in [1.165, 1.54) is 24.1 Å². The molecule has 3 heterocycles. The third-order valence-electron chi connectivity index (χ3n) is 4.38. The van der Waals surface area contributed by atoms with Crippen LogP contribution in [-0.2, 0) is 35.9 Å². The van der Waals surface area contributed by atoms with E-state index in [1.807, 2.05) is 22.6 Å². The zero-order valence-corrected chi connectivity index (χ0v) is 12.9. The van der Waals surface area contributed by atoms with Gasteiger partial charge in [-0.05, 0) is 25.7 Å². The highest BCUT2D eigenvalue weighted by Gasteiger charge is 2.23. The molecule has 22 heavy (non-hydrogen) atoms. The van der Waals surface area contributed by atoms with Crippen LogP contribution in [0.5, 0.6) is 0 Å². The van der Waals surface area contributed by atoms with Gasteiger partial charge in [0.1, 0.15) is 11.8 Å². The predicted octanol–water partition coefficient (Wildman–Crippen LogP) is 0.973. The Kier molecular flexibility index (Phi) is 3.67. The Bertz CT molecular complexity index is 657. The van der Waals surface area contributed by atoms with Crippen LogP contribution in [0.3, 0.4) is 0 Å². The zero-order chi connectivity index (χ0) is 14.9. The topological polar surface area (TPSA) is 67.0 Å². The summed E-state index contributed by atoms with van der Waals surface area (Å²) in [5.41, 5.74) is 4.58. The Labute approximate surface area is 129 Å². The summed E-state index contributed by atoms with van der Waals surface area (Å²) in [5, 5.41) is 13.2. The highest BCUT2D eigenvalue weighted by molar-refractivity contribution is 5.60. The van der Waals surface area contributed by atoms with Gasteiger partial charge in [-0.3, -0.25) is 4.68 Å². The molecule has 0 N–H and O–H groups in total. The number of hydrogen-bond donors (Lipinski definition) is 0. The van der Waals surface area contributed by atoms with Gasteiger partial charge in [0, 0.05) is 12.6 Å². The number of hydrogen-bond acceptors (Lipinski definition) is 5. The van der Waals surface area contributed by atoms with Crippen LogP contribution >= 0.6 is 0 Å². The van der Waals surface area contributed by atoms with Gasteiger partial charge in [0.2, 0.25) is 0 Å². The average Bonchev–Trinajstić information content (AvgIpc) is 3.11. The van der Waals surface area contributed by atoms with Crippen LogP contribution in [0.4, 0.5) is 0 Å². The Hall–Kier alpha value is -1.73. The quantitative estimate of drug-likeness (QED) is 0.845. The first-order valence-corrected chi connectivity index (χ1v) is 7.96. The summed E-state index contributed by atoms with van der Waals surface area (Å²) in [6.07, 6.45) is 6.67. The highest BCUT2D eigenvalue weighted by atomic mass is 16.6. The van der Waals surface area contributed by atoms with Gasteiger partial charge in [0.15, 0.2) is 0 Å². The third-order valence-corrected chi connectivity index (χ3v) is 4.38. The van der Waals surface area contributed by atoms with Crippen molar-refractivity contribution in [3.05, 3.63) is 17.5 Å². The van der Waals surface area contributed by atoms with Gasteiger partial charge in [-0.1, -0.05) is 5.21 Å². The van der Waals surface area contributed by atoms with E-state index in [-0.39, 0.29) is 6.10 Å². The van der Waals surface area contributed by atoms with Gasteiger partial charge in [-0.2, -0.15) is 5.10 Å². The molecular formula is C15H21N5O2. The van der Waals surface area contributed by atoms with Crippen LogP contribution in [0, 0.1) is 0 Å². The molecule has 2 aromatic rings. The number of aryl methyl sites for hydroxylation is 2. The number of rotatable bonds is 3. The standard InChI is InChI=1S/C15H21N5O2/c1-19-15(12-4-2-3-5-13(12)17-19)14-9-20(18-16-14)8-11-10-21-6-7-22-11/h9,11H,2-8,10H2,1H3/t11-/m0/s1. The maximum atomic E-state index is 5.66. The minimum atomic E-state index is 0.0590. The molecule has 1 aliphatic heterocycles. The van der Waals surface area contributed by atoms with E-state index < -0.39 is 0 Å². The number of nitrogens with zero attached hydrogens (tertiary/aromatic N) is 5. The highest BCUT2D eigenvalue weighted by Crippen LogP contribution is 2.29. The zero-order valence-electron chi connectivity index (χ0n) is 12.9. The molecule has 2 aliphatic rings. The van der Waals surface area contributed by atoms with Crippen molar-refractivity contribution in [3.63, 3.8) is 0 Å². The predicted molar refractivity (Wildman–Crippen MR) is 79.4 cm³/mol. The van der Waals surface area contributed by atoms with Gasteiger partial charge >= 0.3 is 0 Å². The van der Waals surface area contributed by atoms with E-state index in [2.05, 4.69) is 15.4 Å². The summed E-state index contributed by atoms with van der Waals surface area (Å²) in [7, 11) is 1.99. The molecule has 2 aromatic heterocycles. The second kappa shape index (κ2) is 5.81. The van der Waals surface area contributed by atoms with Crippen LogP contribution in [0.25, 0.3) is 11.4 Å². The summed E-state index contributed by atoms with van der Waals surface area (Å²) in [6, 6.07) is 0. The number of ether oxygens (including phenoxy) is 2. The number of aromatic nitrogens is 5. The van der Waals surface area contributed by atoms with Gasteiger partial charge in [-0.15, -0.1) is 5.10 Å². The van der Waals surface area contributed by atoms with E-state index in [9.17, 15) is 0 Å². The average molecular weight is 303 g/mol. The van der Waals surface area contributed by atoms with Gasteiger partial charge < -0.3 is 9.47 Å². The molecule has 0 spiro atoms. The lowest BCUT2D eigenvalue weighted by atomic mass is 9.95. The molecule has 1 saturated heterocycles. The first kappa shape index (κ1) is 13.9. The Balaban J connectivity index is 1.57. The molecule has 1 fully saturated rings. The molecule has 0 bridgehead atoms. The molecule has 0 radical (unpaired) electrons. The summed E-state index contributed by atoms with van der Waals surface area (Å²) in [6.45, 7) is 2.63. The van der Waals surface area contributed by atoms with Gasteiger partial charge in [0.25, 0.3) is 0 Å². The van der Waals surface area contributed by atoms with E-state index >= 15 is 0 Å². The first-order valence-electron chi connectivity index (χ1n) is 7.96. The molecule has 1 atom stereocenters. The molecule has 0 amide bonds. The van der Waals surface area contributed by atoms with Crippen LogP contribution < -0.4 is 0 Å². The van der Waals surface area contributed by atoms with E-state index in [4.69, 9.17) is 9.47 Å². The fraction of sp³-hybridized carbons (Fsp3) is 0.667. The monoisotopic (exact) mass is 303 g/mol. The maximum absolute atomic E-state index is 5.66. The van der Waals surface area contributed by atoms with Crippen molar-refractivity contribution in [1.29, 1.82) is 0 Å². The second-order valence-electron chi connectivity index (χ2n) is 6.00. The molecule has 4 rings (SSSR count). The Morgan fingerprint density at radius 2 is 2.18 bits per heavy atom. The molecule has 1 aliphatic carbocycles. The first-order chi connectivity index (χ1) is 10.8. The van der Waals surface area contributed by atoms with Crippen LogP contribution in [-0.4, -0.2) is 50.7 Å². The van der Waals surface area contributed by atoms with Crippen LogP contribution in [0.1, 0.15) is 24.1 Å². The lowest BCUT2D eigenvalue weighted by molar-refractivity contribution is -0.0947. The Morgan fingerprint density at radius 1 is 1.27 bits per heavy atom. The van der Waals surface area contributed by atoms with Gasteiger partial charge in [0.05, 0.1) is 44.0 Å². The fourth-order valence-corrected chi connectivity index (χ4v) is 3.35. The summed E-state index contributed by atoms with van der Waals surface area (Å²) >= 11 is 0. The fourth-order valence-electron chi connectivity index (χ4n) is 3.35. The van der Waals surface area contributed by atoms with E-state index in [0.717, 1.165) is 24.2 Å². The number of fused-ring (bicyclic) bond motifs is 1. The molecule has 0 saturated carbocycles. The van der Waals surface area contributed by atoms with E-state index in [0.29, 0.717) is 26.4 Å². The van der Waals surface area contributed by atoms with E-state index in [1.54, 1.807) is 0 Å². The van der Waals surface area contributed by atoms with Crippen molar-refractivity contribution in [2.24, 2.45) is 7.05 Å². The second-order valence-corrected chi connectivity index (χ2v) is 6.00. The SMILES string of the molecule is Cn1nc2c(c1-c1cn(C[C@H]3COCCO3)nn1)CCCC2. The molecule has 7 nitrogen and oxygen atoms in total. The normalized spacial score (nSPS) is 21.8. The molecule has 7 heteroatoms. The lowest BCUT2D eigenvalue weighted by Gasteiger charge is -2.22. The summed E-state index contributed by atoms with van der Waals surface area (Å²) in [5.74, 6) is 0. The molecule has 0 aromatic carbocycles. The third kappa shape index (κ3) is 2.55. The largest absolute Gasteiger partial charge is 0.376 e. The van der Waals surface area contributed by atoms with Crippen molar-refractivity contribution in [2.75, 3.05) is 19.8 Å². The van der Waals surface area contributed by atoms with Crippen LogP contribution in [0.15, 0.2) is 6.20 Å². The molecular weight excluding hydrogens is 282 g/mol. The van der Waals surface area contributed by atoms with Crippen molar-refractivity contribution in [2.45, 2.75) is 38.3 Å². The summed E-state index contributed by atoms with van der Waals surface area (Å²) in [4.78, 5) is 0. The maximum Gasteiger partial charge on any atom is 0.131 e. The summed E-state index contributed by atoms with van der Waals surface area (Å²) < 4.78 is 14.9. The van der Waals surface area contributed by atoms with Crippen molar-refractivity contribution in [3.8, 4) is 11.4 Å². The minimum Gasteiger partial charge on any atom is -0.376 e. The van der Waals surface area contributed by atoms with Gasteiger partial charge in [-0.25, -0.2) is 4.68 Å².